The Morgan fingerprint density at radius 1 is 1.42 bits per heavy atom. The molecule has 9 heteroatoms. The number of aromatic nitrogens is 2. The van der Waals surface area contributed by atoms with E-state index in [9.17, 15) is 8.42 Å². The van der Waals surface area contributed by atoms with Crippen molar-refractivity contribution in [1.82, 2.24) is 9.97 Å². The smallest absolute Gasteiger partial charge is 0.266 e. The quantitative estimate of drug-likeness (QED) is 0.872. The molecule has 0 saturated carbocycles. The van der Waals surface area contributed by atoms with Crippen molar-refractivity contribution in [2.75, 3.05) is 10.5 Å². The molecule has 0 aliphatic rings. The molecule has 0 fully saturated rings. The lowest BCUT2D eigenvalue weighted by Gasteiger charge is -2.08. The summed E-state index contributed by atoms with van der Waals surface area (Å²) in [5.74, 6) is -0.0467. The Morgan fingerprint density at radius 3 is 2.68 bits per heavy atom. The summed E-state index contributed by atoms with van der Waals surface area (Å²) in [5, 5.41) is 1.27. The number of rotatable bonds is 3. The molecule has 0 bridgehead atoms. The molecule has 2 aromatic heterocycles. The first kappa shape index (κ1) is 14.2. The first-order chi connectivity index (χ1) is 8.79. The second-order valence-electron chi connectivity index (χ2n) is 3.79. The molecule has 3 N–H and O–H groups in total. The zero-order chi connectivity index (χ0) is 14.2. The maximum atomic E-state index is 12.3. The summed E-state index contributed by atoms with van der Waals surface area (Å²) in [6.07, 6.45) is 1.44. The molecule has 19 heavy (non-hydrogen) atoms. The summed E-state index contributed by atoms with van der Waals surface area (Å²) in [7, 11) is -3.77. The van der Waals surface area contributed by atoms with Crippen LogP contribution in [0.15, 0.2) is 21.6 Å². The van der Waals surface area contributed by atoms with Crippen LogP contribution in [0, 0.1) is 13.8 Å². The zero-order valence-electron chi connectivity index (χ0n) is 10.1. The number of anilines is 2. The Hall–Kier alpha value is -1.19. The van der Waals surface area contributed by atoms with Crippen LogP contribution in [-0.2, 0) is 10.0 Å². The molecule has 0 unspecified atom stereocenters. The average Bonchev–Trinajstić information content (AvgIpc) is 2.60. The summed E-state index contributed by atoms with van der Waals surface area (Å²) >= 11 is 4.44. The molecule has 2 aromatic rings. The van der Waals surface area contributed by atoms with Crippen LogP contribution in [-0.4, -0.2) is 18.4 Å². The SMILES string of the molecule is Cc1nc(C)c(NS(=O)(=O)c2cc(Br)cnc2N)s1. The number of nitrogens with one attached hydrogen (secondary N) is 1. The van der Waals surface area contributed by atoms with Gasteiger partial charge >= 0.3 is 0 Å². The Bertz CT molecular complexity index is 727. The lowest BCUT2D eigenvalue weighted by Crippen LogP contribution is -2.15. The van der Waals surface area contributed by atoms with E-state index < -0.39 is 10.0 Å². The largest absolute Gasteiger partial charge is 0.383 e. The highest BCUT2D eigenvalue weighted by atomic mass is 79.9. The Labute approximate surface area is 123 Å². The van der Waals surface area contributed by atoms with E-state index in [1.807, 2.05) is 6.92 Å². The van der Waals surface area contributed by atoms with Gasteiger partial charge in [-0.1, -0.05) is 0 Å². The number of nitrogen functional groups attached to an aromatic ring is 1. The van der Waals surface area contributed by atoms with Crippen molar-refractivity contribution in [3.05, 3.63) is 27.4 Å². The summed E-state index contributed by atoms with van der Waals surface area (Å²) in [6, 6.07) is 1.41. The molecule has 0 aliphatic heterocycles. The molecular weight excluding hydrogens is 352 g/mol. The van der Waals surface area contributed by atoms with Crippen molar-refractivity contribution in [3.8, 4) is 0 Å². The van der Waals surface area contributed by atoms with E-state index in [0.29, 0.717) is 15.2 Å². The first-order valence-electron chi connectivity index (χ1n) is 5.17. The van der Waals surface area contributed by atoms with Gasteiger partial charge < -0.3 is 5.73 Å². The molecule has 0 amide bonds. The number of pyridine rings is 1. The van der Waals surface area contributed by atoms with Gasteiger partial charge in [0.05, 0.1) is 10.7 Å². The molecule has 0 radical (unpaired) electrons. The van der Waals surface area contributed by atoms with Crippen LogP contribution >= 0.6 is 27.3 Å². The van der Waals surface area contributed by atoms with Gasteiger partial charge in [-0.2, -0.15) is 0 Å². The van der Waals surface area contributed by atoms with Gasteiger partial charge in [0.15, 0.2) is 0 Å². The number of sulfonamides is 1. The highest BCUT2D eigenvalue weighted by Crippen LogP contribution is 2.28. The number of aryl methyl sites for hydroxylation is 2. The minimum absolute atomic E-state index is 0.0467. The maximum absolute atomic E-state index is 12.3. The second kappa shape index (κ2) is 5.06. The highest BCUT2D eigenvalue weighted by molar-refractivity contribution is 9.10. The van der Waals surface area contributed by atoms with Gasteiger partial charge in [-0.3, -0.25) is 4.72 Å². The monoisotopic (exact) mass is 362 g/mol. The number of hydrogen-bond donors (Lipinski definition) is 2. The third-order valence-electron chi connectivity index (χ3n) is 2.27. The fraction of sp³-hybridized carbons (Fsp3) is 0.200. The van der Waals surface area contributed by atoms with E-state index in [4.69, 9.17) is 5.73 Å². The fourth-order valence-corrected chi connectivity index (χ4v) is 4.21. The van der Waals surface area contributed by atoms with Gasteiger partial charge in [0.2, 0.25) is 0 Å². The summed E-state index contributed by atoms with van der Waals surface area (Å²) in [5.41, 5.74) is 6.24. The first-order valence-corrected chi connectivity index (χ1v) is 8.27. The van der Waals surface area contributed by atoms with Crippen LogP contribution in [0.3, 0.4) is 0 Å². The Balaban J connectivity index is 2.43. The van der Waals surface area contributed by atoms with Crippen LogP contribution in [0.2, 0.25) is 0 Å². The maximum Gasteiger partial charge on any atom is 0.266 e. The van der Waals surface area contributed by atoms with E-state index in [1.54, 1.807) is 6.92 Å². The van der Waals surface area contributed by atoms with Gasteiger partial charge in [0.25, 0.3) is 10.0 Å². The van der Waals surface area contributed by atoms with Crippen molar-refractivity contribution in [3.63, 3.8) is 0 Å². The van der Waals surface area contributed by atoms with E-state index in [2.05, 4.69) is 30.6 Å². The van der Waals surface area contributed by atoms with Crippen LogP contribution < -0.4 is 10.5 Å². The van der Waals surface area contributed by atoms with Crippen molar-refractivity contribution >= 4 is 48.1 Å². The molecule has 2 heterocycles. The zero-order valence-corrected chi connectivity index (χ0v) is 13.4. The van der Waals surface area contributed by atoms with Gasteiger partial charge in [-0.15, -0.1) is 11.3 Å². The molecule has 0 aromatic carbocycles. The van der Waals surface area contributed by atoms with Gasteiger partial charge in [-0.05, 0) is 35.8 Å². The van der Waals surface area contributed by atoms with E-state index in [1.165, 1.54) is 23.6 Å². The average molecular weight is 363 g/mol. The molecule has 0 aliphatic carbocycles. The highest BCUT2D eigenvalue weighted by Gasteiger charge is 2.21. The topological polar surface area (TPSA) is 98.0 Å². The number of nitrogens with two attached hydrogens (primary N) is 1. The number of halogens is 1. The van der Waals surface area contributed by atoms with E-state index in [-0.39, 0.29) is 10.7 Å². The molecular formula is C10H11BrN4O2S2. The lowest BCUT2D eigenvalue weighted by atomic mass is 10.5. The van der Waals surface area contributed by atoms with Crippen LogP contribution in [0.5, 0.6) is 0 Å². The molecule has 0 saturated heterocycles. The van der Waals surface area contributed by atoms with Crippen LogP contribution in [0.1, 0.15) is 10.7 Å². The lowest BCUT2D eigenvalue weighted by molar-refractivity contribution is 0.601. The van der Waals surface area contributed by atoms with Crippen molar-refractivity contribution in [2.45, 2.75) is 18.7 Å². The van der Waals surface area contributed by atoms with E-state index >= 15 is 0 Å². The van der Waals surface area contributed by atoms with Gasteiger partial charge in [-0.25, -0.2) is 18.4 Å². The number of nitrogens with zero attached hydrogens (tertiary/aromatic N) is 2. The van der Waals surface area contributed by atoms with Gasteiger partial charge in [0.1, 0.15) is 15.7 Å². The van der Waals surface area contributed by atoms with Crippen molar-refractivity contribution in [2.24, 2.45) is 0 Å². The number of hydrogen-bond acceptors (Lipinski definition) is 6. The molecule has 0 spiro atoms. The van der Waals surface area contributed by atoms with Crippen LogP contribution in [0.25, 0.3) is 0 Å². The normalized spacial score (nSPS) is 11.5. The predicted octanol–water partition coefficient (Wildman–Crippen LogP) is 2.30. The summed E-state index contributed by atoms with van der Waals surface area (Å²) < 4.78 is 27.5. The minimum Gasteiger partial charge on any atom is -0.383 e. The second-order valence-corrected chi connectivity index (χ2v) is 7.56. The molecule has 2 rings (SSSR count). The summed E-state index contributed by atoms with van der Waals surface area (Å²) in [4.78, 5) is 7.92. The van der Waals surface area contributed by atoms with E-state index in [0.717, 1.165) is 5.01 Å². The Morgan fingerprint density at radius 2 is 2.11 bits per heavy atom. The molecule has 0 atom stereocenters. The minimum atomic E-state index is -3.77. The molecule has 102 valence electrons. The third kappa shape index (κ3) is 3.04. The van der Waals surface area contributed by atoms with Gasteiger partial charge in [0, 0.05) is 10.7 Å². The summed E-state index contributed by atoms with van der Waals surface area (Å²) in [6.45, 7) is 3.55. The fourth-order valence-electron chi connectivity index (χ4n) is 1.45. The van der Waals surface area contributed by atoms with Crippen molar-refractivity contribution in [1.29, 1.82) is 0 Å². The standard InChI is InChI=1S/C10H11BrN4O2S2/c1-5-10(18-6(2)14-5)15-19(16,17)8-3-7(11)4-13-9(8)12/h3-4,15H,1-2H3,(H2,12,13). The van der Waals surface area contributed by atoms with Crippen LogP contribution in [0.4, 0.5) is 10.8 Å². The predicted molar refractivity (Wildman–Crippen MR) is 78.7 cm³/mol. The van der Waals surface area contributed by atoms with Crippen molar-refractivity contribution < 1.29 is 8.42 Å². The molecule has 6 nitrogen and oxygen atoms in total. The Kier molecular flexibility index (Phi) is 3.79. The number of thiazole rings is 1. The third-order valence-corrected chi connectivity index (χ3v) is 5.20.